The first-order chi connectivity index (χ1) is 13.2. The summed E-state index contributed by atoms with van der Waals surface area (Å²) in [4.78, 5) is 26.6. The van der Waals surface area contributed by atoms with Gasteiger partial charge in [-0.3, -0.25) is 9.59 Å². The van der Waals surface area contributed by atoms with Gasteiger partial charge >= 0.3 is 0 Å². The molecule has 3 rings (SSSR count). The van der Waals surface area contributed by atoms with Gasteiger partial charge in [-0.25, -0.2) is 0 Å². The maximum Gasteiger partial charge on any atom is 0.252 e. The molecule has 136 valence electrons. The molecule has 5 heteroatoms. The van der Waals surface area contributed by atoms with Crippen LogP contribution < -0.4 is 10.6 Å². The van der Waals surface area contributed by atoms with Gasteiger partial charge in [-0.15, -0.1) is 11.8 Å². The molecule has 0 aliphatic heterocycles. The van der Waals surface area contributed by atoms with Crippen LogP contribution in [-0.4, -0.2) is 18.1 Å². The first-order valence-corrected chi connectivity index (χ1v) is 9.75. The average Bonchev–Trinajstić information content (AvgIpc) is 2.73. The van der Waals surface area contributed by atoms with Crippen molar-refractivity contribution in [1.29, 1.82) is 0 Å². The number of carbonyl (C=O) groups excluding carboxylic acids is 2. The third kappa shape index (κ3) is 4.99. The highest BCUT2D eigenvalue weighted by atomic mass is 32.2. The summed E-state index contributed by atoms with van der Waals surface area (Å²) in [7, 11) is 0. The Morgan fingerprint density at radius 1 is 0.852 bits per heavy atom. The number of hydrogen-bond acceptors (Lipinski definition) is 3. The zero-order valence-corrected chi connectivity index (χ0v) is 15.7. The molecule has 4 nitrogen and oxygen atoms in total. The smallest absolute Gasteiger partial charge is 0.252 e. The largest absolute Gasteiger partial charge is 0.336 e. The van der Waals surface area contributed by atoms with Crippen molar-refractivity contribution in [2.45, 2.75) is 10.9 Å². The highest BCUT2D eigenvalue weighted by molar-refractivity contribution is 7.98. The second kappa shape index (κ2) is 9.05. The minimum atomic E-state index is -0.795. The molecule has 0 aliphatic carbocycles. The van der Waals surface area contributed by atoms with Gasteiger partial charge in [0.25, 0.3) is 11.8 Å². The van der Waals surface area contributed by atoms with E-state index < -0.39 is 6.04 Å². The van der Waals surface area contributed by atoms with Crippen molar-refractivity contribution in [3.05, 3.63) is 96.1 Å². The summed E-state index contributed by atoms with van der Waals surface area (Å²) in [6, 6.07) is 24.9. The van der Waals surface area contributed by atoms with Crippen LogP contribution in [0.1, 0.15) is 22.0 Å². The molecule has 2 amide bonds. The third-order valence-corrected chi connectivity index (χ3v) is 4.77. The summed E-state index contributed by atoms with van der Waals surface area (Å²) >= 11 is 1.60. The van der Waals surface area contributed by atoms with Crippen molar-refractivity contribution >= 4 is 29.3 Å². The van der Waals surface area contributed by atoms with Gasteiger partial charge in [-0.1, -0.05) is 54.6 Å². The monoisotopic (exact) mass is 376 g/mol. The Morgan fingerprint density at radius 3 is 2.19 bits per heavy atom. The molecule has 27 heavy (non-hydrogen) atoms. The molecule has 0 spiro atoms. The number of hydrogen-bond donors (Lipinski definition) is 2. The van der Waals surface area contributed by atoms with Crippen LogP contribution in [-0.2, 0) is 4.79 Å². The van der Waals surface area contributed by atoms with Gasteiger partial charge in [0.2, 0.25) is 0 Å². The summed E-state index contributed by atoms with van der Waals surface area (Å²) in [6.45, 7) is 0. The van der Waals surface area contributed by atoms with Crippen LogP contribution in [0.5, 0.6) is 0 Å². The molecule has 0 heterocycles. The molecule has 1 atom stereocenters. The first kappa shape index (κ1) is 18.7. The molecule has 1 unspecified atom stereocenters. The molecular formula is C22H20N2O2S. The minimum Gasteiger partial charge on any atom is -0.336 e. The first-order valence-electron chi connectivity index (χ1n) is 8.53. The van der Waals surface area contributed by atoms with Gasteiger partial charge in [0, 0.05) is 16.1 Å². The van der Waals surface area contributed by atoms with Crippen molar-refractivity contribution in [3.63, 3.8) is 0 Å². The highest BCUT2D eigenvalue weighted by Crippen LogP contribution is 2.21. The Labute approximate surface area is 163 Å². The highest BCUT2D eigenvalue weighted by Gasteiger charge is 2.23. The lowest BCUT2D eigenvalue weighted by Crippen LogP contribution is -2.37. The Kier molecular flexibility index (Phi) is 6.28. The lowest BCUT2D eigenvalue weighted by molar-refractivity contribution is -0.118. The van der Waals surface area contributed by atoms with Crippen LogP contribution in [0.2, 0.25) is 0 Å². The van der Waals surface area contributed by atoms with E-state index in [9.17, 15) is 9.59 Å². The molecule has 0 saturated heterocycles. The molecular weight excluding hydrogens is 356 g/mol. The van der Waals surface area contributed by atoms with Crippen LogP contribution in [0.3, 0.4) is 0 Å². The summed E-state index contributed by atoms with van der Waals surface area (Å²) in [5.41, 5.74) is 1.93. The number of amides is 2. The number of nitrogens with one attached hydrogen (secondary N) is 2. The second-order valence-corrected chi connectivity index (χ2v) is 6.78. The molecule has 3 aromatic rings. The molecule has 0 saturated carbocycles. The maximum atomic E-state index is 12.9. The molecule has 0 bridgehead atoms. The predicted octanol–water partition coefficient (Wildman–Crippen LogP) is 4.52. The number of carbonyl (C=O) groups is 2. The fraction of sp³-hybridized carbons (Fsp3) is 0.0909. The summed E-state index contributed by atoms with van der Waals surface area (Å²) in [6.07, 6.45) is 1.98. The summed E-state index contributed by atoms with van der Waals surface area (Å²) < 4.78 is 0. The van der Waals surface area contributed by atoms with Crippen molar-refractivity contribution in [3.8, 4) is 0 Å². The Bertz CT molecular complexity index is 914. The van der Waals surface area contributed by atoms with E-state index in [4.69, 9.17) is 0 Å². The third-order valence-electron chi connectivity index (χ3n) is 4.04. The van der Waals surface area contributed by atoms with E-state index >= 15 is 0 Å². The van der Waals surface area contributed by atoms with Crippen molar-refractivity contribution in [2.24, 2.45) is 0 Å². The fourth-order valence-electron chi connectivity index (χ4n) is 2.66. The van der Waals surface area contributed by atoms with E-state index in [0.29, 0.717) is 11.3 Å². The van der Waals surface area contributed by atoms with Gasteiger partial charge < -0.3 is 10.6 Å². The fourth-order valence-corrected chi connectivity index (χ4v) is 3.12. The number of rotatable bonds is 6. The standard InChI is InChI=1S/C22H20N2O2S/c1-27-19-14-8-13-18(15-19)23-22(26)20(16-9-4-2-5-10-16)24-21(25)17-11-6-3-7-12-17/h2-15,20H,1H3,(H,23,26)(H,24,25). The lowest BCUT2D eigenvalue weighted by atomic mass is 10.1. The van der Waals surface area contributed by atoms with E-state index in [2.05, 4.69) is 10.6 Å². The van der Waals surface area contributed by atoms with Gasteiger partial charge in [0.05, 0.1) is 0 Å². The molecule has 3 aromatic carbocycles. The van der Waals surface area contributed by atoms with Gasteiger partial charge in [-0.2, -0.15) is 0 Å². The number of benzene rings is 3. The van der Waals surface area contributed by atoms with Gasteiger partial charge in [0.1, 0.15) is 6.04 Å². The summed E-state index contributed by atoms with van der Waals surface area (Å²) in [5, 5.41) is 5.75. The van der Waals surface area contributed by atoms with Crippen molar-refractivity contribution < 1.29 is 9.59 Å². The van der Waals surface area contributed by atoms with Crippen molar-refractivity contribution in [2.75, 3.05) is 11.6 Å². The lowest BCUT2D eigenvalue weighted by Gasteiger charge is -2.19. The SMILES string of the molecule is CSc1cccc(NC(=O)C(NC(=O)c2ccccc2)c2ccccc2)c1. The van der Waals surface area contributed by atoms with Crippen LogP contribution in [0.25, 0.3) is 0 Å². The maximum absolute atomic E-state index is 12.9. The van der Waals surface area contributed by atoms with E-state index in [0.717, 1.165) is 10.5 Å². The quantitative estimate of drug-likeness (QED) is 0.622. The summed E-state index contributed by atoms with van der Waals surface area (Å²) in [5.74, 6) is -0.582. The zero-order chi connectivity index (χ0) is 19.1. The van der Waals surface area contributed by atoms with Gasteiger partial charge in [0.15, 0.2) is 0 Å². The number of anilines is 1. The van der Waals surface area contributed by atoms with Crippen LogP contribution in [0, 0.1) is 0 Å². The Morgan fingerprint density at radius 2 is 1.52 bits per heavy atom. The van der Waals surface area contributed by atoms with Crippen LogP contribution in [0.4, 0.5) is 5.69 Å². The molecule has 0 aliphatic rings. The van der Waals surface area contributed by atoms with Crippen molar-refractivity contribution in [1.82, 2.24) is 5.32 Å². The topological polar surface area (TPSA) is 58.2 Å². The van der Waals surface area contributed by atoms with E-state index in [1.54, 1.807) is 36.0 Å². The Balaban J connectivity index is 1.83. The molecule has 0 fully saturated rings. The minimum absolute atomic E-state index is 0.288. The predicted molar refractivity (Wildman–Crippen MR) is 110 cm³/mol. The second-order valence-electron chi connectivity index (χ2n) is 5.90. The van der Waals surface area contributed by atoms with E-state index in [-0.39, 0.29) is 11.8 Å². The number of thioether (sulfide) groups is 1. The molecule has 0 aromatic heterocycles. The normalized spacial score (nSPS) is 11.4. The molecule has 2 N–H and O–H groups in total. The van der Waals surface area contributed by atoms with Gasteiger partial charge in [-0.05, 0) is 42.2 Å². The van der Waals surface area contributed by atoms with E-state index in [1.165, 1.54) is 0 Å². The van der Waals surface area contributed by atoms with Crippen LogP contribution >= 0.6 is 11.8 Å². The van der Waals surface area contributed by atoms with E-state index in [1.807, 2.05) is 66.9 Å². The van der Waals surface area contributed by atoms with Crippen LogP contribution in [0.15, 0.2) is 89.8 Å². The molecule has 0 radical (unpaired) electrons. The Hall–Kier alpha value is -3.05. The average molecular weight is 376 g/mol. The zero-order valence-electron chi connectivity index (χ0n) is 14.9.